The fraction of sp³-hybridized carbons (Fsp3) is 0.588. The molecule has 0 heterocycles. The number of hydrogen-bond acceptors (Lipinski definition) is 2. The van der Waals surface area contributed by atoms with Crippen molar-refractivity contribution in [2.75, 3.05) is 13.6 Å². The van der Waals surface area contributed by atoms with Gasteiger partial charge in [0.2, 0.25) is 5.91 Å². The summed E-state index contributed by atoms with van der Waals surface area (Å²) in [5.74, 6) is 0.0717. The van der Waals surface area contributed by atoms with Crippen LogP contribution in [0.15, 0.2) is 30.3 Å². The van der Waals surface area contributed by atoms with E-state index in [1.54, 1.807) is 4.90 Å². The lowest BCUT2D eigenvalue weighted by atomic mass is 9.97. The van der Waals surface area contributed by atoms with Crippen LogP contribution in [0.1, 0.15) is 44.1 Å². The first-order chi connectivity index (χ1) is 9.59. The second kappa shape index (κ2) is 6.89. The van der Waals surface area contributed by atoms with E-state index in [-0.39, 0.29) is 12.3 Å². The third-order valence-corrected chi connectivity index (χ3v) is 4.24. The van der Waals surface area contributed by atoms with E-state index in [0.29, 0.717) is 0 Å². The van der Waals surface area contributed by atoms with Crippen molar-refractivity contribution < 1.29 is 9.90 Å². The van der Waals surface area contributed by atoms with E-state index in [1.165, 1.54) is 5.56 Å². The molecule has 0 unspecified atom stereocenters. The molecule has 110 valence electrons. The lowest BCUT2D eigenvalue weighted by molar-refractivity contribution is -0.135. The molecule has 1 N–H and O–H groups in total. The summed E-state index contributed by atoms with van der Waals surface area (Å²) < 4.78 is 0. The van der Waals surface area contributed by atoms with Crippen LogP contribution in [-0.2, 0) is 11.2 Å². The van der Waals surface area contributed by atoms with E-state index in [1.807, 2.05) is 25.2 Å². The van der Waals surface area contributed by atoms with E-state index in [0.717, 1.165) is 45.1 Å². The normalized spacial score (nSPS) is 17.1. The zero-order valence-electron chi connectivity index (χ0n) is 12.3. The van der Waals surface area contributed by atoms with Crippen LogP contribution in [0.3, 0.4) is 0 Å². The Bertz CT molecular complexity index is 424. The van der Waals surface area contributed by atoms with Gasteiger partial charge in [0, 0.05) is 13.6 Å². The Morgan fingerprint density at radius 1 is 1.25 bits per heavy atom. The van der Waals surface area contributed by atoms with Gasteiger partial charge in [-0.25, -0.2) is 0 Å². The summed E-state index contributed by atoms with van der Waals surface area (Å²) in [7, 11) is 1.84. The van der Waals surface area contributed by atoms with E-state index in [9.17, 15) is 9.90 Å². The van der Waals surface area contributed by atoms with Crippen molar-refractivity contribution in [3.8, 4) is 0 Å². The maximum Gasteiger partial charge on any atom is 0.225 e. The predicted octanol–water partition coefficient (Wildman–Crippen LogP) is 2.77. The fourth-order valence-corrected chi connectivity index (χ4v) is 2.92. The van der Waals surface area contributed by atoms with Gasteiger partial charge in [0.15, 0.2) is 0 Å². The number of benzene rings is 1. The molecule has 1 fully saturated rings. The van der Waals surface area contributed by atoms with Gasteiger partial charge in [-0.2, -0.15) is 0 Å². The monoisotopic (exact) mass is 275 g/mol. The molecule has 1 aromatic carbocycles. The van der Waals surface area contributed by atoms with Crippen LogP contribution < -0.4 is 0 Å². The summed E-state index contributed by atoms with van der Waals surface area (Å²) in [6.45, 7) is 0.754. The molecule has 0 spiro atoms. The summed E-state index contributed by atoms with van der Waals surface area (Å²) in [5.41, 5.74) is 0.577. The fourth-order valence-electron chi connectivity index (χ4n) is 2.92. The van der Waals surface area contributed by atoms with Crippen LogP contribution in [0.25, 0.3) is 0 Å². The summed E-state index contributed by atoms with van der Waals surface area (Å²) >= 11 is 0. The maximum atomic E-state index is 12.1. The SMILES string of the molecule is CN(CCCc1ccccc1)C(=O)CC1(O)CCCC1. The van der Waals surface area contributed by atoms with Crippen LogP contribution in [0.5, 0.6) is 0 Å². The molecule has 0 aromatic heterocycles. The van der Waals surface area contributed by atoms with Crippen molar-refractivity contribution in [1.82, 2.24) is 4.90 Å². The Labute approximate surface area is 121 Å². The lowest BCUT2D eigenvalue weighted by Crippen LogP contribution is -2.36. The van der Waals surface area contributed by atoms with E-state index in [2.05, 4.69) is 12.1 Å². The maximum absolute atomic E-state index is 12.1. The van der Waals surface area contributed by atoms with E-state index in [4.69, 9.17) is 0 Å². The minimum absolute atomic E-state index is 0.0717. The molecule has 2 rings (SSSR count). The number of aliphatic hydroxyl groups is 1. The topological polar surface area (TPSA) is 40.5 Å². The molecule has 1 aromatic rings. The van der Waals surface area contributed by atoms with E-state index < -0.39 is 5.60 Å². The Morgan fingerprint density at radius 2 is 1.90 bits per heavy atom. The van der Waals surface area contributed by atoms with Crippen molar-refractivity contribution in [3.05, 3.63) is 35.9 Å². The molecule has 1 aliphatic rings. The Kier molecular flexibility index (Phi) is 5.18. The number of carbonyl (C=O) groups is 1. The van der Waals surface area contributed by atoms with Gasteiger partial charge in [0.1, 0.15) is 0 Å². The molecule has 0 aliphatic heterocycles. The number of nitrogens with zero attached hydrogens (tertiary/aromatic N) is 1. The number of amides is 1. The molecule has 20 heavy (non-hydrogen) atoms. The minimum atomic E-state index is -0.731. The van der Waals surface area contributed by atoms with Crippen LogP contribution in [-0.4, -0.2) is 35.1 Å². The van der Waals surface area contributed by atoms with Gasteiger partial charge in [0.05, 0.1) is 12.0 Å². The van der Waals surface area contributed by atoms with Gasteiger partial charge in [-0.15, -0.1) is 0 Å². The highest BCUT2D eigenvalue weighted by Gasteiger charge is 2.34. The molecule has 3 heteroatoms. The number of rotatable bonds is 6. The summed E-state index contributed by atoms with van der Waals surface area (Å²) in [5, 5.41) is 10.3. The van der Waals surface area contributed by atoms with Crippen LogP contribution >= 0.6 is 0 Å². The van der Waals surface area contributed by atoms with Gasteiger partial charge in [-0.3, -0.25) is 4.79 Å². The molecular weight excluding hydrogens is 250 g/mol. The smallest absolute Gasteiger partial charge is 0.225 e. The molecule has 1 aliphatic carbocycles. The highest BCUT2D eigenvalue weighted by molar-refractivity contribution is 5.77. The van der Waals surface area contributed by atoms with Crippen molar-refractivity contribution in [2.24, 2.45) is 0 Å². The molecule has 0 saturated heterocycles. The molecule has 1 amide bonds. The van der Waals surface area contributed by atoms with Gasteiger partial charge in [-0.1, -0.05) is 43.2 Å². The number of carbonyl (C=O) groups excluding carboxylic acids is 1. The summed E-state index contributed by atoms with van der Waals surface area (Å²) in [6.07, 6.45) is 5.87. The quantitative estimate of drug-likeness (QED) is 0.867. The van der Waals surface area contributed by atoms with Gasteiger partial charge in [-0.05, 0) is 31.2 Å². The molecule has 0 atom stereocenters. The average molecular weight is 275 g/mol. The first kappa shape index (κ1) is 15.0. The second-order valence-corrected chi connectivity index (χ2v) is 6.01. The van der Waals surface area contributed by atoms with Gasteiger partial charge >= 0.3 is 0 Å². The van der Waals surface area contributed by atoms with Crippen LogP contribution in [0, 0.1) is 0 Å². The zero-order valence-corrected chi connectivity index (χ0v) is 12.3. The first-order valence-electron chi connectivity index (χ1n) is 7.59. The zero-order chi connectivity index (χ0) is 14.4. The third-order valence-electron chi connectivity index (χ3n) is 4.24. The summed E-state index contributed by atoms with van der Waals surface area (Å²) in [4.78, 5) is 13.9. The number of aryl methyl sites for hydroxylation is 1. The van der Waals surface area contributed by atoms with Gasteiger partial charge in [0.25, 0.3) is 0 Å². The number of hydrogen-bond donors (Lipinski definition) is 1. The van der Waals surface area contributed by atoms with Crippen LogP contribution in [0.4, 0.5) is 0 Å². The largest absolute Gasteiger partial charge is 0.389 e. The predicted molar refractivity (Wildman–Crippen MR) is 80.4 cm³/mol. The molecule has 0 bridgehead atoms. The second-order valence-electron chi connectivity index (χ2n) is 6.01. The minimum Gasteiger partial charge on any atom is -0.389 e. The van der Waals surface area contributed by atoms with Crippen molar-refractivity contribution in [1.29, 1.82) is 0 Å². The van der Waals surface area contributed by atoms with Gasteiger partial charge < -0.3 is 10.0 Å². The standard InChI is InChI=1S/C17H25NO2/c1-18(13-7-10-15-8-3-2-4-9-15)16(19)14-17(20)11-5-6-12-17/h2-4,8-9,20H,5-7,10-14H2,1H3. The van der Waals surface area contributed by atoms with E-state index >= 15 is 0 Å². The molecule has 1 saturated carbocycles. The highest BCUT2D eigenvalue weighted by atomic mass is 16.3. The molecular formula is C17H25NO2. The Hall–Kier alpha value is -1.35. The molecule has 3 nitrogen and oxygen atoms in total. The van der Waals surface area contributed by atoms with Crippen LogP contribution in [0.2, 0.25) is 0 Å². The highest BCUT2D eigenvalue weighted by Crippen LogP contribution is 2.32. The lowest BCUT2D eigenvalue weighted by Gasteiger charge is -2.25. The van der Waals surface area contributed by atoms with Crippen molar-refractivity contribution >= 4 is 5.91 Å². The molecule has 0 radical (unpaired) electrons. The Balaban J connectivity index is 1.71. The first-order valence-corrected chi connectivity index (χ1v) is 7.59. The summed E-state index contributed by atoms with van der Waals surface area (Å²) in [6, 6.07) is 10.3. The average Bonchev–Trinajstić information content (AvgIpc) is 2.86. The van der Waals surface area contributed by atoms with Crippen molar-refractivity contribution in [3.63, 3.8) is 0 Å². The third kappa shape index (κ3) is 4.34. The van der Waals surface area contributed by atoms with Crippen molar-refractivity contribution in [2.45, 2.75) is 50.5 Å². The Morgan fingerprint density at radius 3 is 2.55 bits per heavy atom.